The monoisotopic (exact) mass is 282 g/mol. The first-order chi connectivity index (χ1) is 8.74. The number of piperazine rings is 1. The number of nitrogens with zero attached hydrogens (tertiary/aromatic N) is 1. The Morgan fingerprint density at radius 2 is 1.94 bits per heavy atom. The SMILES string of the molecule is Clc1ccc(N2CC3CC=CCC2CN3)cc1Cl. The Morgan fingerprint density at radius 1 is 1.11 bits per heavy atom. The van der Waals surface area contributed by atoms with Gasteiger partial charge in [-0.15, -0.1) is 0 Å². The number of rotatable bonds is 1. The third-order valence-corrected chi connectivity index (χ3v) is 4.47. The second-order valence-corrected chi connectivity index (χ2v) is 5.77. The molecule has 4 heteroatoms. The summed E-state index contributed by atoms with van der Waals surface area (Å²) in [5.41, 5.74) is 1.18. The van der Waals surface area contributed by atoms with Crippen LogP contribution in [0.5, 0.6) is 0 Å². The zero-order valence-corrected chi connectivity index (χ0v) is 11.6. The van der Waals surface area contributed by atoms with E-state index in [1.54, 1.807) is 0 Å². The maximum Gasteiger partial charge on any atom is 0.0612 e. The summed E-state index contributed by atoms with van der Waals surface area (Å²) in [7, 11) is 0. The minimum absolute atomic E-state index is 0.509. The summed E-state index contributed by atoms with van der Waals surface area (Å²) in [5, 5.41) is 4.85. The molecule has 0 radical (unpaired) electrons. The average molecular weight is 283 g/mol. The van der Waals surface area contributed by atoms with Gasteiger partial charge >= 0.3 is 0 Å². The number of anilines is 1. The van der Waals surface area contributed by atoms with Crippen LogP contribution in [0.1, 0.15) is 12.8 Å². The lowest BCUT2D eigenvalue weighted by Crippen LogP contribution is -2.57. The molecule has 2 unspecified atom stereocenters. The van der Waals surface area contributed by atoms with Crippen molar-refractivity contribution in [1.82, 2.24) is 5.32 Å². The molecular formula is C14H16Cl2N2. The van der Waals surface area contributed by atoms with E-state index in [0.29, 0.717) is 22.1 Å². The van der Waals surface area contributed by atoms with Crippen LogP contribution in [0.4, 0.5) is 5.69 Å². The van der Waals surface area contributed by atoms with Crippen molar-refractivity contribution >= 4 is 28.9 Å². The molecule has 0 aromatic heterocycles. The second-order valence-electron chi connectivity index (χ2n) is 4.95. The van der Waals surface area contributed by atoms with Crippen LogP contribution in [0.2, 0.25) is 10.0 Å². The van der Waals surface area contributed by atoms with Gasteiger partial charge in [0.2, 0.25) is 0 Å². The summed E-state index contributed by atoms with van der Waals surface area (Å²) in [4.78, 5) is 2.45. The molecule has 1 fully saturated rings. The smallest absolute Gasteiger partial charge is 0.0612 e. The number of nitrogens with one attached hydrogen (secondary N) is 1. The maximum atomic E-state index is 6.12. The van der Waals surface area contributed by atoms with E-state index in [4.69, 9.17) is 23.2 Å². The summed E-state index contributed by atoms with van der Waals surface area (Å²) < 4.78 is 0. The molecule has 1 aromatic rings. The second kappa shape index (κ2) is 5.12. The number of hydrogen-bond donors (Lipinski definition) is 1. The first-order valence-electron chi connectivity index (χ1n) is 6.34. The standard InChI is InChI=1S/C14H16Cl2N2/c15-13-6-5-11(7-14(13)16)18-9-10-3-1-2-4-12(18)8-17-10/h1-2,5-7,10,12,17H,3-4,8-9H2. The van der Waals surface area contributed by atoms with E-state index in [1.165, 1.54) is 5.69 Å². The molecule has 2 bridgehead atoms. The molecule has 0 spiro atoms. The van der Waals surface area contributed by atoms with Crippen molar-refractivity contribution in [3.63, 3.8) is 0 Å². The van der Waals surface area contributed by atoms with E-state index in [1.807, 2.05) is 12.1 Å². The number of benzene rings is 1. The fourth-order valence-electron chi connectivity index (χ4n) is 2.73. The third kappa shape index (κ3) is 2.37. The number of fused-ring (bicyclic) bond motifs is 4. The number of halogens is 2. The van der Waals surface area contributed by atoms with E-state index in [0.717, 1.165) is 25.9 Å². The summed E-state index contributed by atoms with van der Waals surface area (Å²) in [5.74, 6) is 0. The van der Waals surface area contributed by atoms with Gasteiger partial charge in [0, 0.05) is 30.9 Å². The van der Waals surface area contributed by atoms with E-state index >= 15 is 0 Å². The lowest BCUT2D eigenvalue weighted by Gasteiger charge is -2.42. The zero-order valence-electron chi connectivity index (χ0n) is 10.1. The van der Waals surface area contributed by atoms with Gasteiger partial charge in [-0.1, -0.05) is 35.4 Å². The third-order valence-electron chi connectivity index (χ3n) is 3.73. The van der Waals surface area contributed by atoms with E-state index in [9.17, 15) is 0 Å². The topological polar surface area (TPSA) is 15.3 Å². The molecule has 96 valence electrons. The molecule has 1 aromatic carbocycles. The molecule has 2 atom stereocenters. The van der Waals surface area contributed by atoms with Crippen molar-refractivity contribution in [3.05, 3.63) is 40.4 Å². The van der Waals surface area contributed by atoms with E-state index < -0.39 is 0 Å². The van der Waals surface area contributed by atoms with Gasteiger partial charge < -0.3 is 10.2 Å². The Labute approximate surface area is 118 Å². The highest BCUT2D eigenvalue weighted by Crippen LogP contribution is 2.30. The molecule has 3 aliphatic rings. The lowest BCUT2D eigenvalue weighted by molar-refractivity contribution is 0.386. The largest absolute Gasteiger partial charge is 0.365 e. The van der Waals surface area contributed by atoms with Gasteiger partial charge in [-0.05, 0) is 31.0 Å². The minimum atomic E-state index is 0.509. The Balaban J connectivity index is 1.90. The van der Waals surface area contributed by atoms with Crippen molar-refractivity contribution in [2.75, 3.05) is 18.0 Å². The van der Waals surface area contributed by atoms with Gasteiger partial charge in [0.05, 0.1) is 10.0 Å². The first kappa shape index (κ1) is 12.3. The Hall–Kier alpha value is -0.700. The van der Waals surface area contributed by atoms with Crippen LogP contribution >= 0.6 is 23.2 Å². The van der Waals surface area contributed by atoms with Gasteiger partial charge in [0.15, 0.2) is 0 Å². The summed E-state index contributed by atoms with van der Waals surface area (Å²) in [6, 6.07) is 6.97. The normalized spacial score (nSPS) is 27.1. The molecule has 0 amide bonds. The highest BCUT2D eigenvalue weighted by Gasteiger charge is 2.28. The predicted octanol–water partition coefficient (Wildman–Crippen LogP) is 3.49. The van der Waals surface area contributed by atoms with Crippen LogP contribution in [0.25, 0.3) is 0 Å². The molecule has 4 rings (SSSR count). The van der Waals surface area contributed by atoms with Crippen LogP contribution < -0.4 is 10.2 Å². The molecule has 1 saturated heterocycles. The molecule has 0 aliphatic carbocycles. The predicted molar refractivity (Wildman–Crippen MR) is 77.8 cm³/mol. The Morgan fingerprint density at radius 3 is 2.78 bits per heavy atom. The highest BCUT2D eigenvalue weighted by atomic mass is 35.5. The van der Waals surface area contributed by atoms with Gasteiger partial charge in [0.1, 0.15) is 0 Å². The van der Waals surface area contributed by atoms with Gasteiger partial charge in [-0.25, -0.2) is 0 Å². The molecular weight excluding hydrogens is 267 g/mol. The van der Waals surface area contributed by atoms with E-state index in [-0.39, 0.29) is 0 Å². The molecule has 18 heavy (non-hydrogen) atoms. The van der Waals surface area contributed by atoms with Crippen molar-refractivity contribution in [3.8, 4) is 0 Å². The van der Waals surface area contributed by atoms with Crippen LogP contribution in [0.15, 0.2) is 30.4 Å². The quantitative estimate of drug-likeness (QED) is 0.794. The molecule has 2 nitrogen and oxygen atoms in total. The molecule has 3 heterocycles. The summed E-state index contributed by atoms with van der Waals surface area (Å²) >= 11 is 12.1. The minimum Gasteiger partial charge on any atom is -0.365 e. The molecule has 1 N–H and O–H groups in total. The Kier molecular flexibility index (Phi) is 3.51. The fraction of sp³-hybridized carbons (Fsp3) is 0.429. The van der Waals surface area contributed by atoms with Gasteiger partial charge in [0.25, 0.3) is 0 Å². The van der Waals surface area contributed by atoms with Crippen molar-refractivity contribution < 1.29 is 0 Å². The number of hydrogen-bond acceptors (Lipinski definition) is 2. The van der Waals surface area contributed by atoms with Crippen molar-refractivity contribution in [1.29, 1.82) is 0 Å². The highest BCUT2D eigenvalue weighted by molar-refractivity contribution is 6.42. The molecule has 0 saturated carbocycles. The van der Waals surface area contributed by atoms with Gasteiger partial charge in [-0.3, -0.25) is 0 Å². The van der Waals surface area contributed by atoms with Gasteiger partial charge in [-0.2, -0.15) is 0 Å². The van der Waals surface area contributed by atoms with Crippen molar-refractivity contribution in [2.24, 2.45) is 0 Å². The van der Waals surface area contributed by atoms with Crippen LogP contribution in [0, 0.1) is 0 Å². The summed E-state index contributed by atoms with van der Waals surface area (Å²) in [6.07, 6.45) is 6.77. The lowest BCUT2D eigenvalue weighted by atomic mass is 9.99. The van der Waals surface area contributed by atoms with Crippen LogP contribution in [-0.2, 0) is 0 Å². The maximum absolute atomic E-state index is 6.12. The zero-order chi connectivity index (χ0) is 12.5. The molecule has 3 aliphatic heterocycles. The fourth-order valence-corrected chi connectivity index (χ4v) is 3.02. The Bertz CT molecular complexity index is 473. The van der Waals surface area contributed by atoms with E-state index in [2.05, 4.69) is 28.4 Å². The summed E-state index contributed by atoms with van der Waals surface area (Å²) in [6.45, 7) is 2.07. The van der Waals surface area contributed by atoms with Crippen molar-refractivity contribution in [2.45, 2.75) is 24.9 Å². The average Bonchev–Trinajstić information content (AvgIpc) is 2.33. The van der Waals surface area contributed by atoms with Crippen LogP contribution in [-0.4, -0.2) is 25.2 Å². The first-order valence-corrected chi connectivity index (χ1v) is 7.10. The van der Waals surface area contributed by atoms with Crippen LogP contribution in [0.3, 0.4) is 0 Å².